The fourth-order valence-corrected chi connectivity index (χ4v) is 3.03. The van der Waals surface area contributed by atoms with Gasteiger partial charge in [0.1, 0.15) is 11.4 Å². The van der Waals surface area contributed by atoms with E-state index in [1.54, 1.807) is 7.11 Å². The van der Waals surface area contributed by atoms with Gasteiger partial charge in [-0.3, -0.25) is 4.98 Å². The van der Waals surface area contributed by atoms with Gasteiger partial charge in [0.25, 0.3) is 0 Å². The Hall–Kier alpha value is -3.14. The molecule has 1 aromatic carbocycles. The number of hydrogen-bond donors (Lipinski definition) is 0. The normalized spacial score (nSPS) is 11.0. The lowest BCUT2D eigenvalue weighted by Gasteiger charge is -2.06. The lowest BCUT2D eigenvalue weighted by atomic mass is 10.0. The van der Waals surface area contributed by atoms with Gasteiger partial charge in [-0.25, -0.2) is 4.52 Å². The highest BCUT2D eigenvalue weighted by molar-refractivity contribution is 5.91. The zero-order chi connectivity index (χ0) is 17.2. The number of ether oxygens (including phenoxy) is 1. The van der Waals surface area contributed by atoms with Gasteiger partial charge >= 0.3 is 0 Å². The van der Waals surface area contributed by atoms with E-state index in [2.05, 4.69) is 25.1 Å². The van der Waals surface area contributed by atoms with Crippen molar-refractivity contribution in [3.63, 3.8) is 0 Å². The van der Waals surface area contributed by atoms with Crippen LogP contribution in [0.5, 0.6) is 5.75 Å². The highest BCUT2D eigenvalue weighted by atomic mass is 16.5. The van der Waals surface area contributed by atoms with Gasteiger partial charge in [-0.05, 0) is 48.4 Å². The summed E-state index contributed by atoms with van der Waals surface area (Å²) in [6, 6.07) is 20.3. The third kappa shape index (κ3) is 2.76. The Labute approximate surface area is 146 Å². The van der Waals surface area contributed by atoms with Crippen molar-refractivity contribution in [3.8, 4) is 28.3 Å². The van der Waals surface area contributed by atoms with Crippen LogP contribution in [0.15, 0.2) is 66.9 Å². The van der Waals surface area contributed by atoms with E-state index in [-0.39, 0.29) is 0 Å². The fourth-order valence-electron chi connectivity index (χ4n) is 3.03. The van der Waals surface area contributed by atoms with Crippen LogP contribution < -0.4 is 4.74 Å². The maximum absolute atomic E-state index is 5.29. The molecule has 124 valence electrons. The van der Waals surface area contributed by atoms with Crippen molar-refractivity contribution in [2.45, 2.75) is 13.3 Å². The van der Waals surface area contributed by atoms with Crippen molar-refractivity contribution in [2.24, 2.45) is 0 Å². The molecule has 0 radical (unpaired) electrons. The van der Waals surface area contributed by atoms with Crippen LogP contribution in [0.1, 0.15) is 12.6 Å². The van der Waals surface area contributed by atoms with Crippen LogP contribution in [0.4, 0.5) is 0 Å². The molecule has 0 amide bonds. The van der Waals surface area contributed by atoms with Crippen LogP contribution in [0, 0.1) is 0 Å². The van der Waals surface area contributed by atoms with Crippen LogP contribution in [-0.4, -0.2) is 21.7 Å². The van der Waals surface area contributed by atoms with Crippen molar-refractivity contribution in [3.05, 3.63) is 72.6 Å². The molecule has 25 heavy (non-hydrogen) atoms. The molecule has 4 rings (SSSR count). The van der Waals surface area contributed by atoms with Crippen molar-refractivity contribution >= 4 is 5.52 Å². The van der Waals surface area contributed by atoms with E-state index >= 15 is 0 Å². The van der Waals surface area contributed by atoms with E-state index in [0.29, 0.717) is 0 Å². The minimum atomic E-state index is 0.841. The minimum Gasteiger partial charge on any atom is -0.497 e. The Morgan fingerprint density at radius 2 is 1.80 bits per heavy atom. The number of nitrogens with zero attached hydrogens (tertiary/aromatic N) is 3. The number of pyridine rings is 2. The number of rotatable bonds is 4. The molecule has 0 fully saturated rings. The summed E-state index contributed by atoms with van der Waals surface area (Å²) in [4.78, 5) is 4.78. The van der Waals surface area contributed by atoms with Gasteiger partial charge in [0.05, 0.1) is 18.3 Å². The number of methoxy groups -OCH3 is 1. The topological polar surface area (TPSA) is 39.4 Å². The summed E-state index contributed by atoms with van der Waals surface area (Å²) in [5, 5.41) is 4.80. The lowest BCUT2D eigenvalue weighted by molar-refractivity contribution is 0.415. The third-order valence-corrected chi connectivity index (χ3v) is 4.33. The first-order chi connectivity index (χ1) is 12.3. The molecule has 0 N–H and O–H groups in total. The number of benzene rings is 1. The lowest BCUT2D eigenvalue weighted by Crippen LogP contribution is -1.92. The molecule has 0 atom stereocenters. The Kier molecular flexibility index (Phi) is 3.94. The van der Waals surface area contributed by atoms with Crippen molar-refractivity contribution < 1.29 is 4.74 Å². The summed E-state index contributed by atoms with van der Waals surface area (Å²) in [6.45, 7) is 2.11. The van der Waals surface area contributed by atoms with Crippen molar-refractivity contribution in [2.75, 3.05) is 7.11 Å². The Morgan fingerprint density at radius 3 is 2.56 bits per heavy atom. The summed E-state index contributed by atoms with van der Waals surface area (Å²) in [5.41, 5.74) is 6.10. The molecule has 0 saturated carbocycles. The highest BCUT2D eigenvalue weighted by Crippen LogP contribution is 2.35. The molecule has 0 aliphatic rings. The molecule has 4 aromatic rings. The van der Waals surface area contributed by atoms with E-state index < -0.39 is 0 Å². The van der Waals surface area contributed by atoms with E-state index in [1.807, 2.05) is 53.2 Å². The summed E-state index contributed by atoms with van der Waals surface area (Å²) in [5.74, 6) is 0.841. The molecule has 0 aliphatic heterocycles. The smallest absolute Gasteiger partial charge is 0.120 e. The van der Waals surface area contributed by atoms with Gasteiger partial charge in [0, 0.05) is 17.5 Å². The van der Waals surface area contributed by atoms with Gasteiger partial charge in [-0.1, -0.05) is 31.2 Å². The summed E-state index contributed by atoms with van der Waals surface area (Å²) < 4.78 is 7.20. The Morgan fingerprint density at radius 1 is 0.960 bits per heavy atom. The Balaban J connectivity index is 1.97. The molecule has 0 aliphatic carbocycles. The standard InChI is InChI=1S/C21H19N3O/c1-3-16-7-6-8-18(22-16)21-20(15-10-12-17(25-2)13-11-15)19-9-4-5-14-24(19)23-21/h4-14H,3H2,1-2H3. The SMILES string of the molecule is CCc1cccc(-c2nn3ccccc3c2-c2ccc(OC)cc2)n1. The summed E-state index contributed by atoms with van der Waals surface area (Å²) in [6.07, 6.45) is 2.87. The Bertz CT molecular complexity index is 1020. The molecular weight excluding hydrogens is 310 g/mol. The second-order valence-corrected chi connectivity index (χ2v) is 5.85. The summed E-state index contributed by atoms with van der Waals surface area (Å²) in [7, 11) is 1.68. The fraction of sp³-hybridized carbons (Fsp3) is 0.143. The first kappa shape index (κ1) is 15.4. The van der Waals surface area contributed by atoms with Crippen LogP contribution in [0.25, 0.3) is 28.0 Å². The number of hydrogen-bond acceptors (Lipinski definition) is 3. The van der Waals surface area contributed by atoms with Crippen LogP contribution in [0.2, 0.25) is 0 Å². The summed E-state index contributed by atoms with van der Waals surface area (Å²) >= 11 is 0. The zero-order valence-electron chi connectivity index (χ0n) is 14.3. The largest absolute Gasteiger partial charge is 0.497 e. The van der Waals surface area contributed by atoms with Crippen LogP contribution in [0.3, 0.4) is 0 Å². The molecule has 3 heterocycles. The molecule has 4 heteroatoms. The molecule has 0 spiro atoms. The van der Waals surface area contributed by atoms with Gasteiger partial charge in [-0.2, -0.15) is 5.10 Å². The van der Waals surface area contributed by atoms with E-state index in [9.17, 15) is 0 Å². The number of aromatic nitrogens is 3. The maximum atomic E-state index is 5.29. The van der Waals surface area contributed by atoms with Gasteiger partial charge in [0.15, 0.2) is 0 Å². The molecular formula is C21H19N3O. The monoisotopic (exact) mass is 329 g/mol. The predicted molar refractivity (Wildman–Crippen MR) is 99.8 cm³/mol. The van der Waals surface area contributed by atoms with Crippen molar-refractivity contribution in [1.29, 1.82) is 0 Å². The first-order valence-corrected chi connectivity index (χ1v) is 8.38. The second-order valence-electron chi connectivity index (χ2n) is 5.85. The van der Waals surface area contributed by atoms with Gasteiger partial charge in [0.2, 0.25) is 0 Å². The van der Waals surface area contributed by atoms with Gasteiger partial charge in [-0.15, -0.1) is 0 Å². The maximum Gasteiger partial charge on any atom is 0.120 e. The third-order valence-electron chi connectivity index (χ3n) is 4.33. The molecule has 3 aromatic heterocycles. The first-order valence-electron chi connectivity index (χ1n) is 8.38. The van der Waals surface area contributed by atoms with E-state index in [0.717, 1.165) is 45.9 Å². The van der Waals surface area contributed by atoms with E-state index in [4.69, 9.17) is 14.8 Å². The van der Waals surface area contributed by atoms with E-state index in [1.165, 1.54) is 0 Å². The molecule has 4 nitrogen and oxygen atoms in total. The molecule has 0 bridgehead atoms. The minimum absolute atomic E-state index is 0.841. The van der Waals surface area contributed by atoms with Gasteiger partial charge < -0.3 is 4.74 Å². The number of aryl methyl sites for hydroxylation is 1. The number of fused-ring (bicyclic) bond motifs is 1. The van der Waals surface area contributed by atoms with Crippen molar-refractivity contribution in [1.82, 2.24) is 14.6 Å². The van der Waals surface area contributed by atoms with Crippen LogP contribution in [-0.2, 0) is 6.42 Å². The van der Waals surface area contributed by atoms with Crippen LogP contribution >= 0.6 is 0 Å². The highest BCUT2D eigenvalue weighted by Gasteiger charge is 2.17. The second kappa shape index (κ2) is 6.40. The predicted octanol–water partition coefficient (Wildman–Crippen LogP) is 4.63. The quantitative estimate of drug-likeness (QED) is 0.548. The molecule has 0 unspecified atom stereocenters. The molecule has 0 saturated heterocycles. The average Bonchev–Trinajstić information content (AvgIpc) is 3.07. The average molecular weight is 329 g/mol. The zero-order valence-corrected chi connectivity index (χ0v) is 14.3.